The number of ether oxygens (including phenoxy) is 2. The van der Waals surface area contributed by atoms with Crippen LogP contribution in [0.3, 0.4) is 0 Å². The summed E-state index contributed by atoms with van der Waals surface area (Å²) in [5.74, 6) is 0.909. The monoisotopic (exact) mass is 366 g/mol. The van der Waals surface area contributed by atoms with Gasteiger partial charge in [-0.15, -0.1) is 0 Å². The average molecular weight is 366 g/mol. The Morgan fingerprint density at radius 3 is 2.63 bits per heavy atom. The lowest BCUT2D eigenvalue weighted by atomic mass is 10.1. The molecule has 3 rings (SSSR count). The highest BCUT2D eigenvalue weighted by molar-refractivity contribution is 6.05. The molecule has 0 spiro atoms. The molecule has 27 heavy (non-hydrogen) atoms. The quantitative estimate of drug-likeness (QED) is 0.760. The van der Waals surface area contributed by atoms with Crippen molar-refractivity contribution < 1.29 is 19.1 Å². The van der Waals surface area contributed by atoms with E-state index in [1.165, 1.54) is 7.11 Å². The van der Waals surface area contributed by atoms with Gasteiger partial charge < -0.3 is 19.7 Å². The van der Waals surface area contributed by atoms with Gasteiger partial charge in [0.25, 0.3) is 5.91 Å². The normalized spacial score (nSPS) is 13.4. The van der Waals surface area contributed by atoms with Gasteiger partial charge in [-0.3, -0.25) is 9.59 Å². The number of hydrogen-bond acceptors (Lipinski definition) is 4. The van der Waals surface area contributed by atoms with Crippen molar-refractivity contribution in [2.45, 2.75) is 12.8 Å². The fourth-order valence-electron chi connectivity index (χ4n) is 2.93. The predicted molar refractivity (Wildman–Crippen MR) is 105 cm³/mol. The third-order valence-electron chi connectivity index (χ3n) is 4.29. The van der Waals surface area contributed by atoms with Gasteiger partial charge in [-0.05, 0) is 48.9 Å². The number of nitrogens with zero attached hydrogens (tertiary/aromatic N) is 1. The number of nitrogens with one attached hydrogen (secondary N) is 1. The largest absolute Gasteiger partial charge is 0.493 e. The first-order chi connectivity index (χ1) is 13.1. The minimum atomic E-state index is -0.256. The van der Waals surface area contributed by atoms with Crippen LogP contribution in [-0.4, -0.2) is 32.1 Å². The molecule has 6 nitrogen and oxygen atoms in total. The first kappa shape index (κ1) is 18.5. The highest BCUT2D eigenvalue weighted by Crippen LogP contribution is 2.29. The zero-order chi connectivity index (χ0) is 19.2. The number of hydrogen-bond donors (Lipinski definition) is 1. The number of anilines is 2. The zero-order valence-corrected chi connectivity index (χ0v) is 15.2. The molecule has 1 saturated heterocycles. The van der Waals surface area contributed by atoms with Crippen molar-refractivity contribution >= 4 is 23.2 Å². The maximum Gasteiger partial charge on any atom is 0.255 e. The van der Waals surface area contributed by atoms with Crippen LogP contribution in [0.15, 0.2) is 55.1 Å². The van der Waals surface area contributed by atoms with E-state index >= 15 is 0 Å². The molecule has 0 atom stereocenters. The maximum atomic E-state index is 12.5. The summed E-state index contributed by atoms with van der Waals surface area (Å²) in [6.07, 6.45) is 3.11. The van der Waals surface area contributed by atoms with Gasteiger partial charge in [-0.2, -0.15) is 0 Å². The second kappa shape index (κ2) is 8.40. The summed E-state index contributed by atoms with van der Waals surface area (Å²) in [6.45, 7) is 4.70. The molecule has 1 aliphatic heterocycles. The van der Waals surface area contributed by atoms with Gasteiger partial charge >= 0.3 is 0 Å². The van der Waals surface area contributed by atoms with Gasteiger partial charge in [-0.1, -0.05) is 12.7 Å². The predicted octanol–water partition coefficient (Wildman–Crippen LogP) is 3.64. The summed E-state index contributed by atoms with van der Waals surface area (Å²) in [6, 6.07) is 12.3. The van der Waals surface area contributed by atoms with Crippen LogP contribution in [0.2, 0.25) is 0 Å². The summed E-state index contributed by atoms with van der Waals surface area (Å²) in [5, 5.41) is 2.85. The molecule has 1 aliphatic rings. The van der Waals surface area contributed by atoms with Crippen LogP contribution < -0.4 is 19.7 Å². The number of rotatable bonds is 7. The Kier molecular flexibility index (Phi) is 5.76. The van der Waals surface area contributed by atoms with Crippen LogP contribution in [-0.2, 0) is 4.79 Å². The molecule has 6 heteroatoms. The molecule has 0 unspecified atom stereocenters. The second-order valence-electron chi connectivity index (χ2n) is 6.12. The Hall–Kier alpha value is -3.28. The molecule has 0 bridgehead atoms. The Balaban J connectivity index is 1.69. The molecule has 0 radical (unpaired) electrons. The van der Waals surface area contributed by atoms with Gasteiger partial charge in [-0.25, -0.2) is 0 Å². The smallest absolute Gasteiger partial charge is 0.255 e. The van der Waals surface area contributed by atoms with Gasteiger partial charge in [0.2, 0.25) is 5.91 Å². The zero-order valence-electron chi connectivity index (χ0n) is 15.2. The van der Waals surface area contributed by atoms with E-state index in [0.717, 1.165) is 18.7 Å². The Labute approximate surface area is 158 Å². The molecule has 1 fully saturated rings. The molecule has 0 aromatic heterocycles. The first-order valence-corrected chi connectivity index (χ1v) is 8.76. The second-order valence-corrected chi connectivity index (χ2v) is 6.12. The van der Waals surface area contributed by atoms with Crippen molar-refractivity contribution in [2.24, 2.45) is 0 Å². The lowest BCUT2D eigenvalue weighted by molar-refractivity contribution is -0.117. The molecule has 0 aliphatic carbocycles. The van der Waals surface area contributed by atoms with Crippen molar-refractivity contribution in [3.8, 4) is 11.5 Å². The molecule has 1 N–H and O–H groups in total. The van der Waals surface area contributed by atoms with Crippen molar-refractivity contribution in [1.29, 1.82) is 0 Å². The van der Waals surface area contributed by atoms with Crippen molar-refractivity contribution in [1.82, 2.24) is 0 Å². The topological polar surface area (TPSA) is 67.9 Å². The van der Waals surface area contributed by atoms with E-state index < -0.39 is 0 Å². The van der Waals surface area contributed by atoms with Crippen LogP contribution >= 0.6 is 0 Å². The van der Waals surface area contributed by atoms with E-state index in [2.05, 4.69) is 11.9 Å². The Bertz CT molecular complexity index is 846. The van der Waals surface area contributed by atoms with E-state index in [0.29, 0.717) is 35.8 Å². The van der Waals surface area contributed by atoms with Crippen LogP contribution in [0, 0.1) is 0 Å². The molecule has 0 saturated carbocycles. The number of methoxy groups -OCH3 is 1. The highest BCUT2D eigenvalue weighted by Gasteiger charge is 2.21. The van der Waals surface area contributed by atoms with E-state index in [9.17, 15) is 9.59 Å². The van der Waals surface area contributed by atoms with Gasteiger partial charge in [0.15, 0.2) is 11.5 Å². The molecule has 2 aromatic carbocycles. The van der Waals surface area contributed by atoms with E-state index in [1.807, 2.05) is 12.1 Å². The highest BCUT2D eigenvalue weighted by atomic mass is 16.5. The summed E-state index contributed by atoms with van der Waals surface area (Å²) in [4.78, 5) is 26.1. The molecule has 2 amide bonds. The van der Waals surface area contributed by atoms with Crippen LogP contribution in [0.1, 0.15) is 23.2 Å². The van der Waals surface area contributed by atoms with E-state index in [1.54, 1.807) is 41.3 Å². The summed E-state index contributed by atoms with van der Waals surface area (Å²) in [5.41, 5.74) is 1.96. The Morgan fingerprint density at radius 1 is 1.22 bits per heavy atom. The van der Waals surface area contributed by atoms with Gasteiger partial charge in [0, 0.05) is 29.9 Å². The van der Waals surface area contributed by atoms with Crippen LogP contribution in [0.5, 0.6) is 11.5 Å². The first-order valence-electron chi connectivity index (χ1n) is 8.76. The third-order valence-corrected chi connectivity index (χ3v) is 4.29. The Morgan fingerprint density at radius 2 is 2.00 bits per heavy atom. The maximum absolute atomic E-state index is 12.5. The van der Waals surface area contributed by atoms with E-state index in [4.69, 9.17) is 9.47 Å². The molecule has 1 heterocycles. The average Bonchev–Trinajstić information content (AvgIpc) is 3.12. The summed E-state index contributed by atoms with van der Waals surface area (Å²) in [7, 11) is 1.52. The van der Waals surface area contributed by atoms with Crippen molar-refractivity contribution in [3.05, 3.63) is 60.7 Å². The minimum absolute atomic E-state index is 0.137. The standard InChI is InChI=1S/C21H22N2O4/c1-3-13-27-18-11-6-15(14-19(18)26-2)21(25)22-16-7-9-17(10-8-16)23-12-4-5-20(23)24/h3,6-11,14H,1,4-5,12-13H2,2H3,(H,22,25). The summed E-state index contributed by atoms with van der Waals surface area (Å²) < 4.78 is 10.8. The number of amides is 2. The van der Waals surface area contributed by atoms with Gasteiger partial charge in [0.05, 0.1) is 7.11 Å². The van der Waals surface area contributed by atoms with E-state index in [-0.39, 0.29) is 11.8 Å². The number of carbonyl (C=O) groups is 2. The SMILES string of the molecule is C=CCOc1ccc(C(=O)Nc2ccc(N3CCCC3=O)cc2)cc1OC. The van der Waals surface area contributed by atoms with Crippen molar-refractivity contribution in [2.75, 3.05) is 30.5 Å². The van der Waals surface area contributed by atoms with Crippen LogP contribution in [0.4, 0.5) is 11.4 Å². The summed E-state index contributed by atoms with van der Waals surface area (Å²) >= 11 is 0. The lowest BCUT2D eigenvalue weighted by Gasteiger charge is -2.16. The minimum Gasteiger partial charge on any atom is -0.493 e. The molecule has 140 valence electrons. The number of benzene rings is 2. The molecular formula is C21H22N2O4. The number of carbonyl (C=O) groups excluding carboxylic acids is 2. The lowest BCUT2D eigenvalue weighted by Crippen LogP contribution is -2.23. The molecular weight excluding hydrogens is 344 g/mol. The third kappa shape index (κ3) is 4.28. The fourth-order valence-corrected chi connectivity index (χ4v) is 2.93. The van der Waals surface area contributed by atoms with Crippen LogP contribution in [0.25, 0.3) is 0 Å². The molecule has 2 aromatic rings. The van der Waals surface area contributed by atoms with Gasteiger partial charge in [0.1, 0.15) is 6.61 Å². The van der Waals surface area contributed by atoms with Crippen molar-refractivity contribution in [3.63, 3.8) is 0 Å². The fraction of sp³-hybridized carbons (Fsp3) is 0.238.